The van der Waals surface area contributed by atoms with E-state index in [2.05, 4.69) is 16.5 Å². The smallest absolute Gasteiger partial charge is 0.178 e. The Kier molecular flexibility index (Phi) is 3.20. The van der Waals surface area contributed by atoms with Crippen LogP contribution in [-0.2, 0) is 0 Å². The molecule has 0 bridgehead atoms. The molecule has 1 aromatic heterocycles. The maximum absolute atomic E-state index is 6.34. The number of nitrogens with zero attached hydrogens (tertiary/aromatic N) is 1. The second kappa shape index (κ2) is 4.71. The molecule has 0 spiro atoms. The second-order valence-corrected chi connectivity index (χ2v) is 6.02. The summed E-state index contributed by atoms with van der Waals surface area (Å²) in [6.07, 6.45) is 5.30. The van der Waals surface area contributed by atoms with Crippen LogP contribution in [0.1, 0.15) is 38.6 Å². The SMILES string of the molecule is CC(C1CCCC1)n1c(=S)[nH]c2cccc(Cl)c21. The molecule has 1 fully saturated rings. The minimum Gasteiger partial charge on any atom is -0.331 e. The highest BCUT2D eigenvalue weighted by Gasteiger charge is 2.25. The molecule has 0 aliphatic heterocycles. The first-order valence-corrected chi connectivity index (χ1v) is 7.36. The van der Waals surface area contributed by atoms with Crippen LogP contribution >= 0.6 is 23.8 Å². The fourth-order valence-electron chi connectivity index (χ4n) is 3.18. The van der Waals surface area contributed by atoms with E-state index in [4.69, 9.17) is 23.8 Å². The zero-order chi connectivity index (χ0) is 12.7. The molecule has 0 radical (unpaired) electrons. The molecule has 1 saturated carbocycles. The minimum atomic E-state index is 0.425. The summed E-state index contributed by atoms with van der Waals surface area (Å²) >= 11 is 11.8. The third-order valence-corrected chi connectivity index (χ3v) is 4.78. The highest BCUT2D eigenvalue weighted by atomic mass is 35.5. The predicted octanol–water partition coefficient (Wildman–Crippen LogP) is 5.10. The van der Waals surface area contributed by atoms with Gasteiger partial charge in [-0.05, 0) is 50.0 Å². The van der Waals surface area contributed by atoms with Gasteiger partial charge in [0.15, 0.2) is 4.77 Å². The summed E-state index contributed by atoms with van der Waals surface area (Å²) in [5.41, 5.74) is 2.10. The number of aromatic nitrogens is 2. The largest absolute Gasteiger partial charge is 0.331 e. The third-order valence-electron chi connectivity index (χ3n) is 4.18. The van der Waals surface area contributed by atoms with Gasteiger partial charge in [0.25, 0.3) is 0 Å². The van der Waals surface area contributed by atoms with Gasteiger partial charge in [0.1, 0.15) is 0 Å². The van der Waals surface area contributed by atoms with Crippen LogP contribution < -0.4 is 0 Å². The van der Waals surface area contributed by atoms with Crippen molar-refractivity contribution in [1.82, 2.24) is 9.55 Å². The molecule has 18 heavy (non-hydrogen) atoms. The maximum atomic E-state index is 6.34. The third kappa shape index (κ3) is 1.90. The van der Waals surface area contributed by atoms with Gasteiger partial charge in [0, 0.05) is 6.04 Å². The Bertz CT molecular complexity index is 622. The van der Waals surface area contributed by atoms with E-state index in [0.717, 1.165) is 26.7 Å². The molecule has 2 aromatic rings. The molecule has 1 aliphatic rings. The van der Waals surface area contributed by atoms with Crippen LogP contribution in [-0.4, -0.2) is 9.55 Å². The van der Waals surface area contributed by atoms with Gasteiger partial charge in [0.2, 0.25) is 0 Å². The van der Waals surface area contributed by atoms with Crippen LogP contribution in [0.15, 0.2) is 18.2 Å². The van der Waals surface area contributed by atoms with E-state index >= 15 is 0 Å². The number of para-hydroxylation sites is 1. The number of imidazole rings is 1. The molecule has 2 nitrogen and oxygen atoms in total. The topological polar surface area (TPSA) is 20.7 Å². The average Bonchev–Trinajstić information content (AvgIpc) is 2.95. The van der Waals surface area contributed by atoms with Crippen molar-refractivity contribution < 1.29 is 0 Å². The summed E-state index contributed by atoms with van der Waals surface area (Å²) in [6.45, 7) is 2.27. The van der Waals surface area contributed by atoms with Gasteiger partial charge in [-0.3, -0.25) is 0 Å². The van der Waals surface area contributed by atoms with Crippen LogP contribution in [0.4, 0.5) is 0 Å². The number of halogens is 1. The van der Waals surface area contributed by atoms with Crippen molar-refractivity contribution in [3.8, 4) is 0 Å². The van der Waals surface area contributed by atoms with Crippen molar-refractivity contribution in [1.29, 1.82) is 0 Å². The Balaban J connectivity index is 2.15. The Labute approximate surface area is 117 Å². The summed E-state index contributed by atoms with van der Waals surface area (Å²) in [6, 6.07) is 6.36. The molecular weight excluding hydrogens is 264 g/mol. The van der Waals surface area contributed by atoms with E-state index in [1.807, 2.05) is 18.2 Å². The van der Waals surface area contributed by atoms with E-state index < -0.39 is 0 Å². The number of rotatable bonds is 2. The number of hydrogen-bond acceptors (Lipinski definition) is 1. The lowest BCUT2D eigenvalue weighted by molar-refractivity contribution is 0.365. The second-order valence-electron chi connectivity index (χ2n) is 5.22. The summed E-state index contributed by atoms with van der Waals surface area (Å²) in [5, 5.41) is 0.782. The van der Waals surface area contributed by atoms with Crippen LogP contribution in [0.3, 0.4) is 0 Å². The molecule has 4 heteroatoms. The molecule has 1 aliphatic carbocycles. The molecule has 96 valence electrons. The van der Waals surface area contributed by atoms with Crippen molar-refractivity contribution in [2.24, 2.45) is 5.92 Å². The summed E-state index contributed by atoms with van der Waals surface area (Å²) < 4.78 is 3.00. The molecule has 1 heterocycles. The number of H-pyrrole nitrogens is 1. The van der Waals surface area contributed by atoms with Gasteiger partial charge >= 0.3 is 0 Å². The normalized spacial score (nSPS) is 18.6. The zero-order valence-corrected chi connectivity index (χ0v) is 12.0. The van der Waals surface area contributed by atoms with Gasteiger partial charge < -0.3 is 9.55 Å². The highest BCUT2D eigenvalue weighted by Crippen LogP contribution is 2.37. The summed E-state index contributed by atoms with van der Waals surface area (Å²) in [5.74, 6) is 0.729. The van der Waals surface area contributed by atoms with Crippen LogP contribution in [0.25, 0.3) is 11.0 Å². The van der Waals surface area contributed by atoms with Crippen molar-refractivity contribution in [2.75, 3.05) is 0 Å². The monoisotopic (exact) mass is 280 g/mol. The van der Waals surface area contributed by atoms with Gasteiger partial charge in [0.05, 0.1) is 16.1 Å². The lowest BCUT2D eigenvalue weighted by Crippen LogP contribution is -2.14. The maximum Gasteiger partial charge on any atom is 0.178 e. The van der Waals surface area contributed by atoms with E-state index in [0.29, 0.717) is 6.04 Å². The average molecular weight is 281 g/mol. The lowest BCUT2D eigenvalue weighted by Gasteiger charge is -2.21. The van der Waals surface area contributed by atoms with Gasteiger partial charge in [-0.25, -0.2) is 0 Å². The first-order valence-electron chi connectivity index (χ1n) is 6.57. The van der Waals surface area contributed by atoms with Crippen molar-refractivity contribution >= 4 is 34.9 Å². The van der Waals surface area contributed by atoms with Crippen LogP contribution in [0.5, 0.6) is 0 Å². The van der Waals surface area contributed by atoms with E-state index in [-0.39, 0.29) is 0 Å². The van der Waals surface area contributed by atoms with Crippen molar-refractivity contribution in [3.63, 3.8) is 0 Å². The number of benzene rings is 1. The van der Waals surface area contributed by atoms with Gasteiger partial charge in [-0.2, -0.15) is 0 Å². The van der Waals surface area contributed by atoms with Crippen LogP contribution in [0, 0.1) is 10.7 Å². The molecule has 0 amide bonds. The molecule has 0 saturated heterocycles. The zero-order valence-electron chi connectivity index (χ0n) is 10.4. The van der Waals surface area contributed by atoms with Gasteiger partial charge in [-0.15, -0.1) is 0 Å². The van der Waals surface area contributed by atoms with Crippen molar-refractivity contribution in [2.45, 2.75) is 38.6 Å². The Hall–Kier alpha value is -0.800. The standard InChI is InChI=1S/C14H17ClN2S/c1-9(10-5-2-3-6-10)17-13-11(15)7-4-8-12(13)16-14(17)18/h4,7-10H,2-3,5-6H2,1H3,(H,16,18). The number of aromatic amines is 1. The van der Waals surface area contributed by atoms with E-state index in [9.17, 15) is 0 Å². The van der Waals surface area contributed by atoms with Crippen molar-refractivity contribution in [3.05, 3.63) is 28.0 Å². The molecule has 1 atom stereocenters. The Morgan fingerprint density at radius 1 is 1.39 bits per heavy atom. The molecule has 3 rings (SSSR count). The number of nitrogens with one attached hydrogen (secondary N) is 1. The molecule has 1 N–H and O–H groups in total. The highest BCUT2D eigenvalue weighted by molar-refractivity contribution is 7.71. The Morgan fingerprint density at radius 3 is 2.83 bits per heavy atom. The first kappa shape index (κ1) is 12.2. The minimum absolute atomic E-state index is 0.425. The predicted molar refractivity (Wildman–Crippen MR) is 78.8 cm³/mol. The first-order chi connectivity index (χ1) is 8.68. The van der Waals surface area contributed by atoms with Crippen LogP contribution in [0.2, 0.25) is 5.02 Å². The summed E-state index contributed by atoms with van der Waals surface area (Å²) in [7, 11) is 0. The fraction of sp³-hybridized carbons (Fsp3) is 0.500. The molecule has 1 unspecified atom stereocenters. The number of fused-ring (bicyclic) bond motifs is 1. The van der Waals surface area contributed by atoms with E-state index in [1.54, 1.807) is 0 Å². The molecule has 1 aromatic carbocycles. The number of hydrogen-bond donors (Lipinski definition) is 1. The summed E-state index contributed by atoms with van der Waals surface area (Å²) in [4.78, 5) is 3.27. The quantitative estimate of drug-likeness (QED) is 0.759. The fourth-order valence-corrected chi connectivity index (χ4v) is 3.81. The Morgan fingerprint density at radius 2 is 2.11 bits per heavy atom. The lowest BCUT2D eigenvalue weighted by atomic mass is 9.99. The molecular formula is C14H17ClN2S. The van der Waals surface area contributed by atoms with E-state index in [1.165, 1.54) is 25.7 Å². The van der Waals surface area contributed by atoms with Gasteiger partial charge in [-0.1, -0.05) is 30.5 Å².